The highest BCUT2D eigenvalue weighted by molar-refractivity contribution is 6.41. The molecule has 1 saturated heterocycles. The number of alkyl halides is 3. The summed E-state index contributed by atoms with van der Waals surface area (Å²) in [5.74, 6) is -0.997. The highest BCUT2D eigenvalue weighted by Gasteiger charge is 2.37. The highest BCUT2D eigenvalue weighted by Crippen LogP contribution is 2.36. The summed E-state index contributed by atoms with van der Waals surface area (Å²) >= 11 is 5.69. The van der Waals surface area contributed by atoms with Gasteiger partial charge in [0.25, 0.3) is 5.91 Å². The number of likely N-dealkylation sites (tertiary alicyclic amines) is 1. The summed E-state index contributed by atoms with van der Waals surface area (Å²) in [6, 6.07) is 6.64. The van der Waals surface area contributed by atoms with Crippen molar-refractivity contribution in [3.63, 3.8) is 0 Å². The number of fused-ring (bicyclic) bond motifs is 1. The largest absolute Gasteiger partial charge is 0.573 e. The molecule has 1 aromatic carbocycles. The first-order valence-electron chi connectivity index (χ1n) is 9.75. The number of aliphatic hydroxyl groups is 2. The minimum absolute atomic E-state index is 0.108. The van der Waals surface area contributed by atoms with E-state index in [-0.39, 0.29) is 16.7 Å². The van der Waals surface area contributed by atoms with E-state index in [1.807, 2.05) is 0 Å². The van der Waals surface area contributed by atoms with Crippen molar-refractivity contribution in [2.75, 3.05) is 19.7 Å². The van der Waals surface area contributed by atoms with Crippen LogP contribution in [0.1, 0.15) is 23.3 Å². The molecule has 3 heterocycles. The van der Waals surface area contributed by atoms with Crippen molar-refractivity contribution in [3.05, 3.63) is 59.4 Å². The fourth-order valence-corrected chi connectivity index (χ4v) is 3.83. The van der Waals surface area contributed by atoms with Crippen LogP contribution in [0.5, 0.6) is 5.75 Å². The number of carbonyl (C=O) groups excluding carboxylic acids is 1. The lowest BCUT2D eigenvalue weighted by Crippen LogP contribution is -2.48. The number of aliphatic hydroxyl groups excluding tert-OH is 2. The molecule has 8 nitrogen and oxygen atoms in total. The van der Waals surface area contributed by atoms with Gasteiger partial charge in [0.05, 0.1) is 23.0 Å². The van der Waals surface area contributed by atoms with Gasteiger partial charge in [0, 0.05) is 30.6 Å². The molecular formula is C21H18ClF3N4O4. The van der Waals surface area contributed by atoms with Gasteiger partial charge in [-0.2, -0.15) is 5.10 Å². The van der Waals surface area contributed by atoms with Gasteiger partial charge in [0.2, 0.25) is 0 Å². The quantitative estimate of drug-likeness (QED) is 0.524. The van der Waals surface area contributed by atoms with Crippen LogP contribution >= 0.6 is 11.6 Å². The molecule has 4 rings (SSSR count). The van der Waals surface area contributed by atoms with Crippen molar-refractivity contribution in [1.29, 1.82) is 0 Å². The Morgan fingerprint density at radius 3 is 2.52 bits per heavy atom. The Labute approximate surface area is 190 Å². The summed E-state index contributed by atoms with van der Waals surface area (Å²) in [4.78, 5) is 17.9. The molecule has 0 aliphatic carbocycles. The van der Waals surface area contributed by atoms with E-state index in [1.54, 1.807) is 6.07 Å². The SMILES string of the molecule is C=C(Cl)C(=O)N1CC(c2nn(-c3ccc(OC(F)(F)F)cc3)c3nccc([C@@H](O)CO)c23)C1. The van der Waals surface area contributed by atoms with Crippen LogP contribution in [0, 0.1) is 0 Å². The number of carbonyl (C=O) groups is 1. The van der Waals surface area contributed by atoms with Crippen LogP contribution < -0.4 is 4.74 Å². The van der Waals surface area contributed by atoms with Crippen molar-refractivity contribution in [2.45, 2.75) is 18.4 Å². The van der Waals surface area contributed by atoms with Crippen LogP contribution in [0.15, 0.2) is 48.1 Å². The second kappa shape index (κ2) is 8.65. The van der Waals surface area contributed by atoms with Crippen molar-refractivity contribution in [3.8, 4) is 11.4 Å². The van der Waals surface area contributed by atoms with Crippen LogP contribution in [0.3, 0.4) is 0 Å². The average Bonchev–Trinajstić information content (AvgIpc) is 3.11. The molecule has 3 aromatic rings. The molecule has 0 saturated carbocycles. The number of rotatable bonds is 6. The maximum atomic E-state index is 12.5. The number of amides is 1. The zero-order valence-corrected chi connectivity index (χ0v) is 17.7. The van der Waals surface area contributed by atoms with Crippen LogP contribution in [0.2, 0.25) is 0 Å². The number of hydrogen-bond acceptors (Lipinski definition) is 6. The third-order valence-electron chi connectivity index (χ3n) is 5.26. The van der Waals surface area contributed by atoms with E-state index in [1.165, 1.54) is 27.9 Å². The third kappa shape index (κ3) is 4.52. The molecule has 2 N–H and O–H groups in total. The Kier molecular flexibility index (Phi) is 6.04. The number of pyridine rings is 1. The summed E-state index contributed by atoms with van der Waals surface area (Å²) in [6.07, 6.45) is -4.57. The van der Waals surface area contributed by atoms with Crippen molar-refractivity contribution in [2.24, 2.45) is 0 Å². The second-order valence-electron chi connectivity index (χ2n) is 7.45. The number of nitrogens with zero attached hydrogens (tertiary/aromatic N) is 4. The highest BCUT2D eigenvalue weighted by atomic mass is 35.5. The van der Waals surface area contributed by atoms with Gasteiger partial charge in [-0.05, 0) is 35.9 Å². The molecule has 174 valence electrons. The standard InChI is InChI=1S/C21H18ClF3N4O4/c1-11(22)20(32)28-8-12(9-28)18-17-15(16(31)10-30)6-7-26-19(17)29(27-18)13-2-4-14(5-3-13)33-21(23,24)25/h2-7,12,16,30-31H,1,8-10H2/t16-/m0/s1. The Balaban J connectivity index is 1.76. The minimum Gasteiger partial charge on any atom is -0.406 e. The predicted octanol–water partition coefficient (Wildman–Crippen LogP) is 3.02. The van der Waals surface area contributed by atoms with Gasteiger partial charge in [0.15, 0.2) is 5.65 Å². The maximum absolute atomic E-state index is 12.5. The van der Waals surface area contributed by atoms with Crippen molar-refractivity contribution < 1.29 is 32.9 Å². The summed E-state index contributed by atoms with van der Waals surface area (Å²) in [6.45, 7) is 3.51. The van der Waals surface area contributed by atoms with Gasteiger partial charge in [-0.1, -0.05) is 18.2 Å². The zero-order valence-electron chi connectivity index (χ0n) is 17.0. The fraction of sp³-hybridized carbons (Fsp3) is 0.286. The first kappa shape index (κ1) is 23.0. The minimum atomic E-state index is -4.81. The summed E-state index contributed by atoms with van der Waals surface area (Å²) in [5, 5.41) is 24.8. The van der Waals surface area contributed by atoms with E-state index in [0.29, 0.717) is 41.1 Å². The van der Waals surface area contributed by atoms with E-state index >= 15 is 0 Å². The summed E-state index contributed by atoms with van der Waals surface area (Å²) in [5.41, 5.74) is 1.67. The molecule has 2 aromatic heterocycles. The molecule has 0 bridgehead atoms. The Morgan fingerprint density at radius 2 is 1.94 bits per heavy atom. The average molecular weight is 483 g/mol. The molecule has 0 spiro atoms. The van der Waals surface area contributed by atoms with Gasteiger partial charge in [-0.3, -0.25) is 4.79 Å². The Hall–Kier alpha value is -3.15. The molecule has 33 heavy (non-hydrogen) atoms. The van der Waals surface area contributed by atoms with Gasteiger partial charge in [-0.25, -0.2) is 9.67 Å². The first-order chi connectivity index (χ1) is 15.6. The van der Waals surface area contributed by atoms with Gasteiger partial charge in [0.1, 0.15) is 11.9 Å². The number of benzene rings is 1. The van der Waals surface area contributed by atoms with Crippen LogP contribution in [0.25, 0.3) is 16.7 Å². The zero-order chi connectivity index (χ0) is 23.9. The maximum Gasteiger partial charge on any atom is 0.573 e. The molecule has 1 aliphatic rings. The number of hydrogen-bond donors (Lipinski definition) is 2. The Morgan fingerprint density at radius 1 is 1.27 bits per heavy atom. The fourth-order valence-electron chi connectivity index (χ4n) is 3.71. The number of aromatic nitrogens is 3. The van der Waals surface area contributed by atoms with Crippen LogP contribution in [-0.2, 0) is 4.79 Å². The molecule has 1 atom stereocenters. The van der Waals surface area contributed by atoms with E-state index in [0.717, 1.165) is 12.1 Å². The third-order valence-corrected chi connectivity index (χ3v) is 5.42. The molecule has 12 heteroatoms. The monoisotopic (exact) mass is 482 g/mol. The van der Waals surface area contributed by atoms with E-state index in [4.69, 9.17) is 11.6 Å². The van der Waals surface area contributed by atoms with Crippen molar-refractivity contribution in [1.82, 2.24) is 19.7 Å². The molecular weight excluding hydrogens is 465 g/mol. The Bertz CT molecular complexity index is 1210. The van der Waals surface area contributed by atoms with Crippen LogP contribution in [-0.4, -0.2) is 61.8 Å². The molecule has 1 aliphatic heterocycles. The number of ether oxygens (including phenoxy) is 1. The summed E-state index contributed by atoms with van der Waals surface area (Å²) < 4.78 is 42.7. The topological polar surface area (TPSA) is 101 Å². The van der Waals surface area contributed by atoms with E-state index in [9.17, 15) is 28.2 Å². The smallest absolute Gasteiger partial charge is 0.406 e. The second-order valence-corrected chi connectivity index (χ2v) is 7.90. The lowest BCUT2D eigenvalue weighted by atomic mass is 9.92. The van der Waals surface area contributed by atoms with Crippen molar-refractivity contribution >= 4 is 28.5 Å². The van der Waals surface area contributed by atoms with E-state index in [2.05, 4.69) is 21.4 Å². The van der Waals surface area contributed by atoms with Gasteiger partial charge < -0.3 is 19.8 Å². The first-order valence-corrected chi connectivity index (χ1v) is 10.1. The van der Waals surface area contributed by atoms with Crippen LogP contribution in [0.4, 0.5) is 13.2 Å². The van der Waals surface area contributed by atoms with Gasteiger partial charge in [-0.15, -0.1) is 13.2 Å². The lowest BCUT2D eigenvalue weighted by Gasteiger charge is -2.38. The van der Waals surface area contributed by atoms with E-state index < -0.39 is 25.0 Å². The molecule has 1 amide bonds. The normalized spacial score (nSPS) is 15.4. The van der Waals surface area contributed by atoms with Gasteiger partial charge >= 0.3 is 6.36 Å². The summed E-state index contributed by atoms with van der Waals surface area (Å²) in [7, 11) is 0. The number of halogens is 4. The lowest BCUT2D eigenvalue weighted by molar-refractivity contribution is -0.274. The molecule has 0 radical (unpaired) electrons. The molecule has 1 fully saturated rings. The predicted molar refractivity (Wildman–Crippen MR) is 112 cm³/mol. The molecule has 0 unspecified atom stereocenters.